The second kappa shape index (κ2) is 7.78. The van der Waals surface area contributed by atoms with Crippen LogP contribution in [0.15, 0.2) is 11.6 Å². The van der Waals surface area contributed by atoms with Crippen LogP contribution in [0, 0.1) is 34.5 Å². The molecule has 0 saturated heterocycles. The van der Waals surface area contributed by atoms with Gasteiger partial charge in [0.2, 0.25) is 0 Å². The van der Waals surface area contributed by atoms with E-state index < -0.39 is 0 Å². The summed E-state index contributed by atoms with van der Waals surface area (Å²) < 4.78 is 6.17. The predicted molar refractivity (Wildman–Crippen MR) is 118 cm³/mol. The standard InChI is InChI=1S/C27H40O3/c1-26-15-13-20(28)17-19(26)8-9-21-22-10-11-24(27(22,2)16-14-23(21)26)30-25(29)12-7-18-5-3-4-6-18/h17-18,21-24H,3-16H2,1-2H3/t21-,22-,23+,24?,26-,27-/m0/s1. The second-order valence-corrected chi connectivity index (χ2v) is 11.8. The maximum absolute atomic E-state index is 12.7. The van der Waals surface area contributed by atoms with Gasteiger partial charge < -0.3 is 4.74 Å². The van der Waals surface area contributed by atoms with Crippen LogP contribution in [0.3, 0.4) is 0 Å². The van der Waals surface area contributed by atoms with Crippen molar-refractivity contribution in [3.8, 4) is 0 Å². The number of fused-ring (bicyclic) bond motifs is 5. The number of esters is 1. The number of ether oxygens (including phenoxy) is 1. The maximum atomic E-state index is 12.7. The summed E-state index contributed by atoms with van der Waals surface area (Å²) in [6.45, 7) is 4.87. The number of carbonyl (C=O) groups is 2. The summed E-state index contributed by atoms with van der Waals surface area (Å²) in [7, 11) is 0. The molecule has 3 nitrogen and oxygen atoms in total. The molecule has 4 fully saturated rings. The minimum atomic E-state index is 0.0579. The summed E-state index contributed by atoms with van der Waals surface area (Å²) in [6, 6.07) is 0. The Kier molecular flexibility index (Phi) is 5.39. The number of carbonyl (C=O) groups excluding carboxylic acids is 2. The molecule has 0 heterocycles. The Morgan fingerprint density at radius 1 is 1.00 bits per heavy atom. The van der Waals surface area contributed by atoms with E-state index in [-0.39, 0.29) is 22.9 Å². The monoisotopic (exact) mass is 412 g/mol. The van der Waals surface area contributed by atoms with Crippen LogP contribution in [0.25, 0.3) is 0 Å². The largest absolute Gasteiger partial charge is 0.462 e. The Morgan fingerprint density at radius 3 is 2.60 bits per heavy atom. The van der Waals surface area contributed by atoms with Crippen LogP contribution >= 0.6 is 0 Å². The highest BCUT2D eigenvalue weighted by Crippen LogP contribution is 2.65. The van der Waals surface area contributed by atoms with Crippen LogP contribution in [-0.2, 0) is 14.3 Å². The van der Waals surface area contributed by atoms with Crippen molar-refractivity contribution in [3.05, 3.63) is 11.6 Å². The van der Waals surface area contributed by atoms with E-state index in [0.29, 0.717) is 24.0 Å². The number of allylic oxidation sites excluding steroid dienone is 1. The number of rotatable bonds is 4. The fraction of sp³-hybridized carbons (Fsp3) is 0.852. The summed E-state index contributed by atoms with van der Waals surface area (Å²) in [4.78, 5) is 24.7. The first-order valence-electron chi connectivity index (χ1n) is 12.8. The normalized spacial score (nSPS) is 43.5. The van der Waals surface area contributed by atoms with Crippen LogP contribution in [0.1, 0.15) is 104 Å². The third-order valence-electron chi connectivity index (χ3n) is 10.4. The van der Waals surface area contributed by atoms with E-state index >= 15 is 0 Å². The molecule has 30 heavy (non-hydrogen) atoms. The Balaban J connectivity index is 1.25. The van der Waals surface area contributed by atoms with Crippen molar-refractivity contribution in [3.63, 3.8) is 0 Å². The second-order valence-electron chi connectivity index (χ2n) is 11.8. The molecule has 5 aliphatic rings. The van der Waals surface area contributed by atoms with Crippen LogP contribution in [-0.4, -0.2) is 17.9 Å². The van der Waals surface area contributed by atoms with Crippen molar-refractivity contribution in [1.82, 2.24) is 0 Å². The van der Waals surface area contributed by atoms with Gasteiger partial charge in [0.15, 0.2) is 5.78 Å². The van der Waals surface area contributed by atoms with Crippen molar-refractivity contribution in [2.24, 2.45) is 34.5 Å². The molecule has 5 rings (SSSR count). The maximum Gasteiger partial charge on any atom is 0.306 e. The van der Waals surface area contributed by atoms with Crippen LogP contribution in [0.2, 0.25) is 0 Å². The van der Waals surface area contributed by atoms with Crippen LogP contribution in [0.4, 0.5) is 0 Å². The molecule has 3 heteroatoms. The quantitative estimate of drug-likeness (QED) is 0.502. The fourth-order valence-electron chi connectivity index (χ4n) is 8.54. The third kappa shape index (κ3) is 3.39. The smallest absolute Gasteiger partial charge is 0.306 e. The molecule has 0 aliphatic heterocycles. The zero-order valence-corrected chi connectivity index (χ0v) is 19.1. The van der Waals surface area contributed by atoms with Crippen LogP contribution < -0.4 is 0 Å². The predicted octanol–water partition coefficient (Wildman–Crippen LogP) is 6.40. The molecule has 0 spiro atoms. The zero-order chi connectivity index (χ0) is 20.9. The number of ketones is 1. The lowest BCUT2D eigenvalue weighted by Crippen LogP contribution is -2.51. The van der Waals surface area contributed by atoms with Gasteiger partial charge in [-0.15, -0.1) is 0 Å². The van der Waals surface area contributed by atoms with E-state index in [2.05, 4.69) is 13.8 Å². The van der Waals surface area contributed by atoms with Crippen molar-refractivity contribution in [2.45, 2.75) is 110 Å². The molecular formula is C27H40O3. The summed E-state index contributed by atoms with van der Waals surface area (Å²) in [5, 5.41) is 0. The SMILES string of the molecule is C[C@]12CCC(=O)C=C1CC[C@@H]1[C@H]2CC[C@]2(C)C(OC(=O)CCC3CCCC3)CC[C@@H]12. The molecule has 0 aromatic carbocycles. The Labute approximate surface area is 182 Å². The van der Waals surface area contributed by atoms with Crippen LogP contribution in [0.5, 0.6) is 0 Å². The lowest BCUT2D eigenvalue weighted by molar-refractivity contribution is -0.160. The van der Waals surface area contributed by atoms with Gasteiger partial charge in [0.05, 0.1) is 0 Å². The molecule has 166 valence electrons. The topological polar surface area (TPSA) is 43.4 Å². The Morgan fingerprint density at radius 2 is 1.80 bits per heavy atom. The van der Waals surface area contributed by atoms with Crippen molar-refractivity contribution in [2.75, 3.05) is 0 Å². The Hall–Kier alpha value is -1.12. The minimum Gasteiger partial charge on any atom is -0.462 e. The molecule has 1 unspecified atom stereocenters. The minimum absolute atomic E-state index is 0.0579. The molecule has 5 aliphatic carbocycles. The first kappa shape index (κ1) is 20.8. The molecule has 4 saturated carbocycles. The van der Waals surface area contributed by atoms with Gasteiger partial charge in [-0.1, -0.05) is 45.1 Å². The van der Waals surface area contributed by atoms with E-state index in [1.165, 1.54) is 56.9 Å². The lowest BCUT2D eigenvalue weighted by Gasteiger charge is -2.57. The van der Waals surface area contributed by atoms with Crippen molar-refractivity contribution in [1.29, 1.82) is 0 Å². The van der Waals surface area contributed by atoms with E-state index in [1.807, 2.05) is 6.08 Å². The summed E-state index contributed by atoms with van der Waals surface area (Å²) in [6.07, 6.45) is 17.8. The van der Waals surface area contributed by atoms with Gasteiger partial charge in [-0.3, -0.25) is 9.59 Å². The summed E-state index contributed by atoms with van der Waals surface area (Å²) >= 11 is 0. The Bertz CT molecular complexity index is 732. The summed E-state index contributed by atoms with van der Waals surface area (Å²) in [5.41, 5.74) is 1.83. The first-order valence-corrected chi connectivity index (χ1v) is 12.8. The molecule has 0 N–H and O–H groups in total. The molecule has 0 radical (unpaired) electrons. The van der Waals surface area contributed by atoms with E-state index in [4.69, 9.17) is 4.74 Å². The van der Waals surface area contributed by atoms with E-state index in [9.17, 15) is 9.59 Å². The van der Waals surface area contributed by atoms with E-state index in [0.717, 1.165) is 43.9 Å². The highest BCUT2D eigenvalue weighted by Gasteiger charge is 2.59. The molecule has 0 aromatic heterocycles. The van der Waals surface area contributed by atoms with Gasteiger partial charge in [0.25, 0.3) is 0 Å². The zero-order valence-electron chi connectivity index (χ0n) is 19.1. The first-order chi connectivity index (χ1) is 14.4. The van der Waals surface area contributed by atoms with Gasteiger partial charge in [-0.2, -0.15) is 0 Å². The van der Waals surface area contributed by atoms with Gasteiger partial charge in [0, 0.05) is 18.3 Å². The molecule has 0 amide bonds. The average Bonchev–Trinajstić information content (AvgIpc) is 3.35. The van der Waals surface area contributed by atoms with Gasteiger partial charge in [-0.25, -0.2) is 0 Å². The highest BCUT2D eigenvalue weighted by molar-refractivity contribution is 5.91. The average molecular weight is 413 g/mol. The van der Waals surface area contributed by atoms with Crippen molar-refractivity contribution >= 4 is 11.8 Å². The molecule has 0 bridgehead atoms. The van der Waals surface area contributed by atoms with Gasteiger partial charge >= 0.3 is 5.97 Å². The highest BCUT2D eigenvalue weighted by atomic mass is 16.5. The molecular weight excluding hydrogens is 372 g/mol. The van der Waals surface area contributed by atoms with Gasteiger partial charge in [-0.05, 0) is 86.5 Å². The third-order valence-corrected chi connectivity index (χ3v) is 10.4. The van der Waals surface area contributed by atoms with Gasteiger partial charge in [0.1, 0.15) is 6.10 Å². The summed E-state index contributed by atoms with van der Waals surface area (Å²) in [5.74, 6) is 3.28. The van der Waals surface area contributed by atoms with Crippen molar-refractivity contribution < 1.29 is 14.3 Å². The fourth-order valence-corrected chi connectivity index (χ4v) is 8.54. The molecule has 6 atom stereocenters. The number of hydrogen-bond donors (Lipinski definition) is 0. The lowest BCUT2D eigenvalue weighted by atomic mass is 9.47. The van der Waals surface area contributed by atoms with E-state index in [1.54, 1.807) is 0 Å². The molecule has 0 aromatic rings. The number of hydrogen-bond acceptors (Lipinski definition) is 3.